The van der Waals surface area contributed by atoms with E-state index in [0.717, 1.165) is 29.8 Å². The zero-order chi connectivity index (χ0) is 26.3. The van der Waals surface area contributed by atoms with Crippen LogP contribution < -0.4 is 4.31 Å². The molecule has 1 atom stereocenters. The van der Waals surface area contributed by atoms with Crippen molar-refractivity contribution in [3.8, 4) is 0 Å². The van der Waals surface area contributed by atoms with Crippen molar-refractivity contribution in [2.75, 3.05) is 18.5 Å². The molecule has 37 heavy (non-hydrogen) atoms. The third-order valence-corrected chi connectivity index (χ3v) is 8.29. The number of aromatic carboxylic acids is 1. The summed E-state index contributed by atoms with van der Waals surface area (Å²) in [5.74, 6) is -1.87. The summed E-state index contributed by atoms with van der Waals surface area (Å²) in [7, 11) is -1.73. The first-order valence-electron chi connectivity index (χ1n) is 11.4. The number of anilines is 1. The predicted molar refractivity (Wildman–Crippen MR) is 132 cm³/mol. The molecule has 3 heterocycles. The number of methoxy groups -OCH3 is 1. The van der Waals surface area contributed by atoms with E-state index in [2.05, 4.69) is 15.3 Å². The van der Waals surface area contributed by atoms with E-state index in [1.54, 1.807) is 47.0 Å². The Bertz CT molecular complexity index is 1590. The summed E-state index contributed by atoms with van der Waals surface area (Å²) in [4.78, 5) is 28.8. The van der Waals surface area contributed by atoms with Crippen molar-refractivity contribution in [1.29, 1.82) is 0 Å². The van der Waals surface area contributed by atoms with Crippen LogP contribution in [0.3, 0.4) is 0 Å². The molecule has 0 radical (unpaired) electrons. The number of aromatic nitrogens is 5. The number of esters is 1. The molecule has 1 aliphatic rings. The molecular formula is C24H24N6O6S. The number of para-hydroxylation sites is 1. The van der Waals surface area contributed by atoms with E-state index in [1.165, 1.54) is 17.9 Å². The first kappa shape index (κ1) is 24.4. The van der Waals surface area contributed by atoms with Crippen LogP contribution in [0.4, 0.5) is 5.69 Å². The number of carboxylic acid groups (broad SMARTS) is 1. The first-order valence-corrected chi connectivity index (χ1v) is 12.9. The second kappa shape index (κ2) is 9.32. The van der Waals surface area contributed by atoms with Crippen molar-refractivity contribution in [3.63, 3.8) is 0 Å². The van der Waals surface area contributed by atoms with Crippen LogP contribution >= 0.6 is 0 Å². The van der Waals surface area contributed by atoms with Crippen LogP contribution in [-0.4, -0.2) is 64.0 Å². The molecule has 192 valence electrons. The molecule has 0 spiro atoms. The summed E-state index contributed by atoms with van der Waals surface area (Å²) in [6, 6.07) is 10.2. The Balaban J connectivity index is 1.63. The van der Waals surface area contributed by atoms with E-state index in [9.17, 15) is 18.0 Å². The standard InChI is InChI=1S/C24H24N6O6S/c1-28(18-6-4-3-5-7-18)37(34,35)21(24(33)36-2)19-10-16(15-8-9-15)11-29-12-17(25-22(19)29)13-30-14-20(23(31)32)26-27-30/h3-7,10-12,14-15,21H,8-9,13H2,1-2H3,(H,31,32). The maximum Gasteiger partial charge on any atom is 0.358 e. The number of benzene rings is 1. The molecule has 4 aromatic rings. The Morgan fingerprint density at radius 3 is 2.54 bits per heavy atom. The van der Waals surface area contributed by atoms with E-state index in [-0.39, 0.29) is 29.4 Å². The molecule has 12 nitrogen and oxygen atoms in total. The summed E-state index contributed by atoms with van der Waals surface area (Å²) in [5, 5.41) is 14.9. The number of carbonyl (C=O) groups excluding carboxylic acids is 1. The Morgan fingerprint density at radius 1 is 1.19 bits per heavy atom. The number of carboxylic acids is 1. The van der Waals surface area contributed by atoms with E-state index < -0.39 is 27.2 Å². The van der Waals surface area contributed by atoms with Crippen LogP contribution in [0, 0.1) is 0 Å². The van der Waals surface area contributed by atoms with Crippen molar-refractivity contribution in [2.24, 2.45) is 0 Å². The molecule has 1 aromatic carbocycles. The Kier molecular flexibility index (Phi) is 6.15. The Labute approximate surface area is 212 Å². The maximum atomic E-state index is 13.8. The molecule has 3 aromatic heterocycles. The summed E-state index contributed by atoms with van der Waals surface area (Å²) in [6.45, 7) is 0.0969. The quantitative estimate of drug-likeness (QED) is 0.325. The molecule has 0 saturated heterocycles. The van der Waals surface area contributed by atoms with Crippen LogP contribution in [0.1, 0.15) is 51.3 Å². The number of imidazole rings is 1. The summed E-state index contributed by atoms with van der Waals surface area (Å²) >= 11 is 0. The zero-order valence-corrected chi connectivity index (χ0v) is 20.9. The van der Waals surface area contributed by atoms with Gasteiger partial charge in [-0.3, -0.25) is 9.10 Å². The van der Waals surface area contributed by atoms with Gasteiger partial charge in [0.2, 0.25) is 5.25 Å². The van der Waals surface area contributed by atoms with Gasteiger partial charge in [0.15, 0.2) is 5.69 Å². The second-order valence-electron chi connectivity index (χ2n) is 8.82. The average molecular weight is 525 g/mol. The molecule has 0 bridgehead atoms. The van der Waals surface area contributed by atoms with Crippen molar-refractivity contribution >= 4 is 33.3 Å². The minimum absolute atomic E-state index is 0.0969. The number of hydrogen-bond donors (Lipinski definition) is 1. The molecule has 0 aliphatic heterocycles. The minimum atomic E-state index is -4.28. The molecule has 1 N–H and O–H groups in total. The van der Waals surface area contributed by atoms with Gasteiger partial charge in [-0.1, -0.05) is 23.4 Å². The summed E-state index contributed by atoms with van der Waals surface area (Å²) < 4.78 is 36.8. The lowest BCUT2D eigenvalue weighted by Gasteiger charge is -2.25. The second-order valence-corrected chi connectivity index (χ2v) is 10.9. The van der Waals surface area contributed by atoms with Gasteiger partial charge in [0, 0.05) is 25.0 Å². The SMILES string of the molecule is COC(=O)C(c1cc(C2CC2)cn2cc(Cn3cc(C(=O)O)nn3)nc12)S(=O)(=O)N(C)c1ccccc1. The molecule has 1 aliphatic carbocycles. The lowest BCUT2D eigenvalue weighted by Crippen LogP contribution is -2.36. The van der Waals surface area contributed by atoms with Gasteiger partial charge in [-0.15, -0.1) is 5.10 Å². The van der Waals surface area contributed by atoms with Gasteiger partial charge in [0.05, 0.1) is 31.2 Å². The van der Waals surface area contributed by atoms with Gasteiger partial charge in [0.1, 0.15) is 5.65 Å². The van der Waals surface area contributed by atoms with Crippen LogP contribution in [0.2, 0.25) is 0 Å². The van der Waals surface area contributed by atoms with E-state index in [1.807, 2.05) is 6.20 Å². The molecular weight excluding hydrogens is 500 g/mol. The highest BCUT2D eigenvalue weighted by molar-refractivity contribution is 7.93. The molecule has 1 fully saturated rings. The van der Waals surface area contributed by atoms with E-state index >= 15 is 0 Å². The smallest absolute Gasteiger partial charge is 0.358 e. The highest BCUT2D eigenvalue weighted by Crippen LogP contribution is 2.42. The number of sulfonamides is 1. The van der Waals surface area contributed by atoms with E-state index in [4.69, 9.17) is 9.84 Å². The molecule has 5 rings (SSSR count). The monoisotopic (exact) mass is 524 g/mol. The van der Waals surface area contributed by atoms with Crippen LogP contribution in [0.15, 0.2) is 55.0 Å². The number of ether oxygens (including phenoxy) is 1. The number of hydrogen-bond acceptors (Lipinski definition) is 8. The maximum absolute atomic E-state index is 13.8. The van der Waals surface area contributed by atoms with Crippen molar-refractivity contribution in [3.05, 3.63) is 77.5 Å². The largest absolute Gasteiger partial charge is 0.476 e. The molecule has 13 heteroatoms. The Morgan fingerprint density at radius 2 is 1.92 bits per heavy atom. The number of pyridine rings is 1. The molecule has 1 unspecified atom stereocenters. The third-order valence-electron chi connectivity index (χ3n) is 6.28. The normalized spacial score (nSPS) is 14.4. The fourth-order valence-electron chi connectivity index (χ4n) is 4.21. The summed E-state index contributed by atoms with van der Waals surface area (Å²) in [6.07, 6.45) is 6.78. The average Bonchev–Trinajstić information content (AvgIpc) is 3.49. The Hall–Kier alpha value is -4.26. The number of rotatable bonds is 9. The van der Waals surface area contributed by atoms with Crippen LogP contribution in [0.25, 0.3) is 5.65 Å². The van der Waals surface area contributed by atoms with Crippen LogP contribution in [-0.2, 0) is 26.1 Å². The zero-order valence-electron chi connectivity index (χ0n) is 20.1. The highest BCUT2D eigenvalue weighted by Gasteiger charge is 2.41. The highest BCUT2D eigenvalue weighted by atomic mass is 32.2. The fraction of sp³-hybridized carbons (Fsp3) is 0.292. The number of nitrogens with zero attached hydrogens (tertiary/aromatic N) is 6. The van der Waals surface area contributed by atoms with Crippen LogP contribution in [0.5, 0.6) is 0 Å². The van der Waals surface area contributed by atoms with Gasteiger partial charge < -0.3 is 14.2 Å². The summed E-state index contributed by atoms with van der Waals surface area (Å²) in [5.41, 5.74) is 2.05. The van der Waals surface area contributed by atoms with Crippen molar-refractivity contribution in [1.82, 2.24) is 24.4 Å². The van der Waals surface area contributed by atoms with Crippen molar-refractivity contribution in [2.45, 2.75) is 30.6 Å². The molecule has 1 saturated carbocycles. The lowest BCUT2D eigenvalue weighted by atomic mass is 10.1. The van der Waals surface area contributed by atoms with Gasteiger partial charge in [-0.25, -0.2) is 22.9 Å². The number of fused-ring (bicyclic) bond motifs is 1. The van der Waals surface area contributed by atoms with Gasteiger partial charge in [0.25, 0.3) is 10.0 Å². The number of carbonyl (C=O) groups is 2. The van der Waals surface area contributed by atoms with Gasteiger partial charge in [-0.2, -0.15) is 0 Å². The molecule has 0 amide bonds. The van der Waals surface area contributed by atoms with E-state index in [0.29, 0.717) is 11.4 Å². The fourth-order valence-corrected chi connectivity index (χ4v) is 5.77. The minimum Gasteiger partial charge on any atom is -0.476 e. The first-order chi connectivity index (χ1) is 17.7. The van der Waals surface area contributed by atoms with Gasteiger partial charge >= 0.3 is 11.9 Å². The van der Waals surface area contributed by atoms with Gasteiger partial charge in [-0.05, 0) is 42.5 Å². The lowest BCUT2D eigenvalue weighted by molar-refractivity contribution is -0.140. The van der Waals surface area contributed by atoms with Crippen molar-refractivity contribution < 1.29 is 27.9 Å². The predicted octanol–water partition coefficient (Wildman–Crippen LogP) is 2.23. The topological polar surface area (TPSA) is 149 Å². The third kappa shape index (κ3) is 4.65.